The molecule has 1 aliphatic heterocycles. The largest absolute Gasteiger partial charge is 0.364 e. The van der Waals surface area contributed by atoms with Gasteiger partial charge in [0, 0.05) is 18.9 Å². The SMILES string of the molecule is Fc1ccc(C2(OCc3cccnc3)CCNC2)cc1. The lowest BCUT2D eigenvalue weighted by atomic mass is 9.92. The van der Waals surface area contributed by atoms with Gasteiger partial charge in [-0.15, -0.1) is 0 Å². The zero-order valence-electron chi connectivity index (χ0n) is 11.2. The molecule has 0 saturated carbocycles. The van der Waals surface area contributed by atoms with Crippen LogP contribution in [0.4, 0.5) is 4.39 Å². The Hall–Kier alpha value is -1.78. The van der Waals surface area contributed by atoms with Crippen molar-refractivity contribution in [3.63, 3.8) is 0 Å². The molecule has 0 amide bonds. The molecule has 3 rings (SSSR count). The number of aromatic nitrogens is 1. The van der Waals surface area contributed by atoms with Crippen LogP contribution in [-0.4, -0.2) is 18.1 Å². The zero-order valence-corrected chi connectivity index (χ0v) is 11.2. The molecule has 0 bridgehead atoms. The highest BCUT2D eigenvalue weighted by Crippen LogP contribution is 2.33. The lowest BCUT2D eigenvalue weighted by Gasteiger charge is -2.29. The molecule has 2 aromatic rings. The fourth-order valence-electron chi connectivity index (χ4n) is 2.58. The molecule has 1 aromatic heterocycles. The maximum Gasteiger partial charge on any atom is 0.123 e. The average molecular weight is 272 g/mol. The molecule has 0 radical (unpaired) electrons. The van der Waals surface area contributed by atoms with E-state index in [4.69, 9.17) is 4.74 Å². The molecule has 104 valence electrons. The predicted molar refractivity (Wildman–Crippen MR) is 74.6 cm³/mol. The van der Waals surface area contributed by atoms with Crippen molar-refractivity contribution >= 4 is 0 Å². The van der Waals surface area contributed by atoms with Gasteiger partial charge in [0.15, 0.2) is 0 Å². The maximum atomic E-state index is 13.1. The van der Waals surface area contributed by atoms with Gasteiger partial charge in [-0.3, -0.25) is 4.98 Å². The number of benzene rings is 1. The molecule has 1 atom stereocenters. The standard InChI is InChI=1S/C16H17FN2O/c17-15-5-3-14(4-6-15)16(7-9-19-12-16)20-11-13-2-1-8-18-10-13/h1-6,8,10,19H,7,9,11-12H2. The van der Waals surface area contributed by atoms with Crippen molar-refractivity contribution in [2.45, 2.75) is 18.6 Å². The van der Waals surface area contributed by atoms with Crippen LogP contribution in [0.2, 0.25) is 0 Å². The second-order valence-corrected chi connectivity index (χ2v) is 5.08. The van der Waals surface area contributed by atoms with Crippen molar-refractivity contribution in [2.24, 2.45) is 0 Å². The highest BCUT2D eigenvalue weighted by molar-refractivity contribution is 5.25. The first-order valence-corrected chi connectivity index (χ1v) is 6.78. The number of ether oxygens (including phenoxy) is 1. The van der Waals surface area contributed by atoms with Gasteiger partial charge in [0.05, 0.1) is 6.61 Å². The van der Waals surface area contributed by atoms with Gasteiger partial charge in [0.25, 0.3) is 0 Å². The first-order chi connectivity index (χ1) is 9.78. The van der Waals surface area contributed by atoms with Crippen LogP contribution in [0.15, 0.2) is 48.8 Å². The molecule has 4 heteroatoms. The summed E-state index contributed by atoms with van der Waals surface area (Å²) in [6, 6.07) is 10.5. The molecule has 2 heterocycles. The van der Waals surface area contributed by atoms with E-state index in [0.717, 1.165) is 30.6 Å². The first-order valence-electron chi connectivity index (χ1n) is 6.78. The molecular formula is C16H17FN2O. The number of hydrogen-bond donors (Lipinski definition) is 1. The van der Waals surface area contributed by atoms with E-state index in [1.165, 1.54) is 12.1 Å². The third-order valence-corrected chi connectivity index (χ3v) is 3.72. The van der Waals surface area contributed by atoms with Gasteiger partial charge in [0.2, 0.25) is 0 Å². The van der Waals surface area contributed by atoms with Crippen LogP contribution in [0.25, 0.3) is 0 Å². The predicted octanol–water partition coefficient (Wildman–Crippen LogP) is 2.63. The monoisotopic (exact) mass is 272 g/mol. The van der Waals surface area contributed by atoms with E-state index in [0.29, 0.717) is 6.61 Å². The van der Waals surface area contributed by atoms with E-state index in [-0.39, 0.29) is 11.4 Å². The average Bonchev–Trinajstić information content (AvgIpc) is 2.97. The van der Waals surface area contributed by atoms with Crippen molar-refractivity contribution < 1.29 is 9.13 Å². The summed E-state index contributed by atoms with van der Waals surface area (Å²) in [7, 11) is 0. The van der Waals surface area contributed by atoms with Gasteiger partial charge in [0.1, 0.15) is 11.4 Å². The van der Waals surface area contributed by atoms with Gasteiger partial charge in [-0.2, -0.15) is 0 Å². The summed E-state index contributed by atoms with van der Waals surface area (Å²) < 4.78 is 19.3. The summed E-state index contributed by atoms with van der Waals surface area (Å²) in [6.45, 7) is 2.16. The Balaban J connectivity index is 1.79. The van der Waals surface area contributed by atoms with Crippen LogP contribution >= 0.6 is 0 Å². The van der Waals surface area contributed by atoms with Gasteiger partial charge in [-0.05, 0) is 42.3 Å². The van der Waals surface area contributed by atoms with Crippen molar-refractivity contribution in [3.8, 4) is 0 Å². The second kappa shape index (κ2) is 5.69. The lowest BCUT2D eigenvalue weighted by molar-refractivity contribution is -0.0471. The summed E-state index contributed by atoms with van der Waals surface area (Å²) in [6.07, 6.45) is 4.44. The molecule has 1 unspecified atom stereocenters. The Morgan fingerprint density at radius 3 is 2.75 bits per heavy atom. The molecular weight excluding hydrogens is 255 g/mol. The van der Waals surface area contributed by atoms with E-state index in [9.17, 15) is 4.39 Å². The molecule has 1 aliphatic rings. The third-order valence-electron chi connectivity index (χ3n) is 3.72. The van der Waals surface area contributed by atoms with Gasteiger partial charge in [-0.1, -0.05) is 18.2 Å². The van der Waals surface area contributed by atoms with E-state index in [1.54, 1.807) is 12.4 Å². The van der Waals surface area contributed by atoms with Gasteiger partial charge < -0.3 is 10.1 Å². The van der Waals surface area contributed by atoms with Gasteiger partial charge in [-0.25, -0.2) is 4.39 Å². The third kappa shape index (κ3) is 2.71. The smallest absolute Gasteiger partial charge is 0.123 e. The molecule has 0 spiro atoms. The number of halogens is 1. The molecule has 20 heavy (non-hydrogen) atoms. The lowest BCUT2D eigenvalue weighted by Crippen LogP contribution is -2.32. The van der Waals surface area contributed by atoms with Gasteiger partial charge >= 0.3 is 0 Å². The minimum Gasteiger partial charge on any atom is -0.364 e. The molecule has 1 saturated heterocycles. The normalized spacial score (nSPS) is 22.1. The Bertz CT molecular complexity index is 550. The number of hydrogen-bond acceptors (Lipinski definition) is 3. The van der Waals surface area contributed by atoms with Crippen molar-refractivity contribution in [3.05, 3.63) is 65.7 Å². The quantitative estimate of drug-likeness (QED) is 0.929. The van der Waals surface area contributed by atoms with Crippen LogP contribution in [-0.2, 0) is 16.9 Å². The van der Waals surface area contributed by atoms with Crippen LogP contribution in [0.1, 0.15) is 17.5 Å². The highest BCUT2D eigenvalue weighted by Gasteiger charge is 2.36. The van der Waals surface area contributed by atoms with Crippen molar-refractivity contribution in [1.82, 2.24) is 10.3 Å². The maximum absolute atomic E-state index is 13.1. The summed E-state index contributed by atoms with van der Waals surface area (Å²) in [5.41, 5.74) is 1.69. The van der Waals surface area contributed by atoms with E-state index in [2.05, 4.69) is 10.3 Å². The Labute approximate surface area is 117 Å². The summed E-state index contributed by atoms with van der Waals surface area (Å²) in [4.78, 5) is 4.09. The fraction of sp³-hybridized carbons (Fsp3) is 0.312. The number of nitrogens with zero attached hydrogens (tertiary/aromatic N) is 1. The zero-order chi connectivity index (χ0) is 13.8. The number of nitrogens with one attached hydrogen (secondary N) is 1. The minimum atomic E-state index is -0.371. The molecule has 3 nitrogen and oxygen atoms in total. The second-order valence-electron chi connectivity index (χ2n) is 5.08. The summed E-state index contributed by atoms with van der Waals surface area (Å²) >= 11 is 0. The summed E-state index contributed by atoms with van der Waals surface area (Å²) in [5, 5.41) is 3.33. The van der Waals surface area contributed by atoms with Crippen LogP contribution < -0.4 is 5.32 Å². The minimum absolute atomic E-state index is 0.220. The first kappa shape index (κ1) is 13.2. The molecule has 1 aromatic carbocycles. The topological polar surface area (TPSA) is 34.1 Å². The highest BCUT2D eigenvalue weighted by atomic mass is 19.1. The van der Waals surface area contributed by atoms with Crippen molar-refractivity contribution in [1.29, 1.82) is 0 Å². The van der Waals surface area contributed by atoms with Crippen molar-refractivity contribution in [2.75, 3.05) is 13.1 Å². The Kier molecular flexibility index (Phi) is 3.76. The molecule has 1 N–H and O–H groups in total. The van der Waals surface area contributed by atoms with Crippen LogP contribution in [0.3, 0.4) is 0 Å². The molecule has 1 fully saturated rings. The van der Waals surface area contributed by atoms with Crippen LogP contribution in [0.5, 0.6) is 0 Å². The number of rotatable bonds is 4. The number of pyridine rings is 1. The van der Waals surface area contributed by atoms with E-state index in [1.807, 2.05) is 24.3 Å². The summed E-state index contributed by atoms with van der Waals surface area (Å²) in [5.74, 6) is -0.220. The fourth-order valence-corrected chi connectivity index (χ4v) is 2.58. The van der Waals surface area contributed by atoms with E-state index < -0.39 is 0 Å². The molecule has 0 aliphatic carbocycles. The Morgan fingerprint density at radius 1 is 1.25 bits per heavy atom. The Morgan fingerprint density at radius 2 is 2.10 bits per heavy atom. The van der Waals surface area contributed by atoms with E-state index >= 15 is 0 Å². The van der Waals surface area contributed by atoms with Crippen LogP contribution in [0, 0.1) is 5.82 Å².